The molecule has 1 aliphatic heterocycles. The van der Waals surface area contributed by atoms with Crippen LogP contribution in [0.25, 0.3) is 0 Å². The zero-order valence-electron chi connectivity index (χ0n) is 15.6. The van der Waals surface area contributed by atoms with Crippen LogP contribution in [0.15, 0.2) is 48.5 Å². The van der Waals surface area contributed by atoms with Crippen LogP contribution in [0.1, 0.15) is 15.9 Å². The fourth-order valence-corrected chi connectivity index (χ4v) is 3.14. The molecule has 3 N–H and O–H groups in total. The zero-order chi connectivity index (χ0) is 19.2. The number of nitrogens with one attached hydrogen (secondary N) is 1. The van der Waals surface area contributed by atoms with E-state index >= 15 is 0 Å². The molecule has 1 heterocycles. The lowest BCUT2D eigenvalue weighted by Gasteiger charge is -2.36. The topological polar surface area (TPSA) is 76.0 Å². The van der Waals surface area contributed by atoms with E-state index in [1.54, 1.807) is 0 Å². The van der Waals surface area contributed by atoms with Crippen LogP contribution >= 0.6 is 0 Å². The maximum absolute atomic E-state index is 12.6. The smallest absolute Gasteiger partial charge is 0.253 e. The Balaban J connectivity index is 1.52. The highest BCUT2D eigenvalue weighted by Crippen LogP contribution is 2.20. The fraction of sp³-hybridized carbons (Fsp3) is 0.381. The van der Waals surface area contributed by atoms with Gasteiger partial charge in [-0.05, 0) is 43.3 Å². The summed E-state index contributed by atoms with van der Waals surface area (Å²) in [4.78, 5) is 16.8. The predicted molar refractivity (Wildman–Crippen MR) is 107 cm³/mol. The average Bonchev–Trinajstić information content (AvgIpc) is 2.72. The van der Waals surface area contributed by atoms with Gasteiger partial charge in [-0.3, -0.25) is 4.79 Å². The third kappa shape index (κ3) is 4.99. The van der Waals surface area contributed by atoms with Crippen LogP contribution in [-0.4, -0.2) is 66.5 Å². The standard InChI is InChI=1S/C21H27N3O3/c1-16-2-4-17(5-3-16)21(27)24-12-10-23(11-13-24)19-8-6-18(7-9-19)22-14-20(26)15-25/h2-9,20,22,25-26H,10-15H2,1H3. The molecule has 0 bridgehead atoms. The molecule has 1 aliphatic rings. The van der Waals surface area contributed by atoms with Gasteiger partial charge in [-0.15, -0.1) is 0 Å². The monoisotopic (exact) mass is 369 g/mol. The second-order valence-electron chi connectivity index (χ2n) is 6.91. The SMILES string of the molecule is Cc1ccc(C(=O)N2CCN(c3ccc(NCC(O)CO)cc3)CC2)cc1. The minimum absolute atomic E-state index is 0.0941. The average molecular weight is 369 g/mol. The number of hydrogen-bond acceptors (Lipinski definition) is 5. The third-order valence-electron chi connectivity index (χ3n) is 4.85. The Morgan fingerprint density at radius 1 is 1.04 bits per heavy atom. The molecule has 1 saturated heterocycles. The van der Waals surface area contributed by atoms with Crippen molar-refractivity contribution in [2.75, 3.05) is 49.5 Å². The number of nitrogens with zero attached hydrogens (tertiary/aromatic N) is 2. The Morgan fingerprint density at radius 2 is 1.67 bits per heavy atom. The molecule has 6 nitrogen and oxygen atoms in total. The summed E-state index contributed by atoms with van der Waals surface area (Å²) in [5, 5.41) is 21.3. The zero-order valence-corrected chi connectivity index (χ0v) is 15.6. The second kappa shape index (κ2) is 8.88. The van der Waals surface area contributed by atoms with Gasteiger partial charge in [-0.1, -0.05) is 17.7 Å². The Hall–Kier alpha value is -2.57. The van der Waals surface area contributed by atoms with Crippen molar-refractivity contribution in [1.82, 2.24) is 4.90 Å². The van der Waals surface area contributed by atoms with E-state index in [2.05, 4.69) is 10.2 Å². The van der Waals surface area contributed by atoms with Crippen molar-refractivity contribution in [2.24, 2.45) is 0 Å². The number of rotatable bonds is 6. The maximum Gasteiger partial charge on any atom is 0.253 e. The second-order valence-corrected chi connectivity index (χ2v) is 6.91. The molecule has 0 aliphatic carbocycles. The van der Waals surface area contributed by atoms with E-state index in [-0.39, 0.29) is 12.5 Å². The molecule has 2 aromatic carbocycles. The summed E-state index contributed by atoms with van der Waals surface area (Å²) in [7, 11) is 0. The minimum Gasteiger partial charge on any atom is -0.394 e. The molecule has 1 unspecified atom stereocenters. The van der Waals surface area contributed by atoms with E-state index in [0.717, 1.165) is 35.6 Å². The number of hydrogen-bond donors (Lipinski definition) is 3. The lowest BCUT2D eigenvalue weighted by molar-refractivity contribution is 0.0747. The van der Waals surface area contributed by atoms with E-state index in [0.29, 0.717) is 19.6 Å². The quantitative estimate of drug-likeness (QED) is 0.723. The molecule has 3 rings (SSSR count). The van der Waals surface area contributed by atoms with Gasteiger partial charge in [-0.2, -0.15) is 0 Å². The molecule has 0 radical (unpaired) electrons. The van der Waals surface area contributed by atoms with Crippen molar-refractivity contribution in [3.8, 4) is 0 Å². The number of carbonyl (C=O) groups is 1. The molecule has 1 amide bonds. The van der Waals surface area contributed by atoms with Crippen LogP contribution in [0, 0.1) is 6.92 Å². The minimum atomic E-state index is -0.760. The van der Waals surface area contributed by atoms with Crippen molar-refractivity contribution in [3.63, 3.8) is 0 Å². The Kier molecular flexibility index (Phi) is 6.32. The van der Waals surface area contributed by atoms with Gasteiger partial charge >= 0.3 is 0 Å². The number of amides is 1. The van der Waals surface area contributed by atoms with Gasteiger partial charge in [0.25, 0.3) is 5.91 Å². The lowest BCUT2D eigenvalue weighted by Crippen LogP contribution is -2.48. The summed E-state index contributed by atoms with van der Waals surface area (Å²) in [6.45, 7) is 5.08. The van der Waals surface area contributed by atoms with E-state index in [1.165, 1.54) is 0 Å². The van der Waals surface area contributed by atoms with E-state index in [4.69, 9.17) is 5.11 Å². The molecule has 6 heteroatoms. The lowest BCUT2D eigenvalue weighted by atomic mass is 10.1. The molecule has 1 atom stereocenters. The van der Waals surface area contributed by atoms with E-state index < -0.39 is 6.10 Å². The first kappa shape index (κ1) is 19.2. The first-order valence-corrected chi connectivity index (χ1v) is 9.30. The number of anilines is 2. The molecule has 1 fully saturated rings. The Morgan fingerprint density at radius 3 is 2.26 bits per heavy atom. The first-order valence-electron chi connectivity index (χ1n) is 9.30. The normalized spacial score (nSPS) is 15.5. The van der Waals surface area contributed by atoms with Crippen molar-refractivity contribution < 1.29 is 15.0 Å². The Bertz CT molecular complexity index is 738. The molecular weight excluding hydrogens is 342 g/mol. The van der Waals surface area contributed by atoms with Crippen LogP contribution in [0.2, 0.25) is 0 Å². The van der Waals surface area contributed by atoms with Crippen molar-refractivity contribution in [3.05, 3.63) is 59.7 Å². The van der Waals surface area contributed by atoms with Gasteiger partial charge in [0.2, 0.25) is 0 Å². The first-order chi connectivity index (χ1) is 13.1. The Labute approximate surface area is 160 Å². The third-order valence-corrected chi connectivity index (χ3v) is 4.85. The van der Waals surface area contributed by atoms with E-state index in [1.807, 2.05) is 60.4 Å². The van der Waals surface area contributed by atoms with Gasteiger partial charge in [0.05, 0.1) is 12.7 Å². The summed E-state index contributed by atoms with van der Waals surface area (Å²) < 4.78 is 0. The van der Waals surface area contributed by atoms with Gasteiger partial charge in [-0.25, -0.2) is 0 Å². The van der Waals surface area contributed by atoms with Crippen LogP contribution in [0.3, 0.4) is 0 Å². The predicted octanol–water partition coefficient (Wildman–Crippen LogP) is 1.72. The number of carbonyl (C=O) groups excluding carboxylic acids is 1. The van der Waals surface area contributed by atoms with Crippen LogP contribution < -0.4 is 10.2 Å². The molecular formula is C21H27N3O3. The summed E-state index contributed by atoms with van der Waals surface area (Å²) in [5.74, 6) is 0.0941. The highest BCUT2D eigenvalue weighted by atomic mass is 16.3. The van der Waals surface area contributed by atoms with Crippen LogP contribution in [0.4, 0.5) is 11.4 Å². The maximum atomic E-state index is 12.6. The molecule has 0 aromatic heterocycles. The van der Waals surface area contributed by atoms with Gasteiger partial charge in [0, 0.05) is 49.7 Å². The van der Waals surface area contributed by atoms with E-state index in [9.17, 15) is 9.90 Å². The number of aryl methyl sites for hydroxylation is 1. The number of benzene rings is 2. The highest BCUT2D eigenvalue weighted by molar-refractivity contribution is 5.94. The number of aliphatic hydroxyl groups is 2. The molecule has 27 heavy (non-hydrogen) atoms. The summed E-state index contributed by atoms with van der Waals surface area (Å²) in [6.07, 6.45) is -0.760. The van der Waals surface area contributed by atoms with Crippen molar-refractivity contribution in [2.45, 2.75) is 13.0 Å². The summed E-state index contributed by atoms with van der Waals surface area (Å²) >= 11 is 0. The van der Waals surface area contributed by atoms with Gasteiger partial charge < -0.3 is 25.3 Å². The fourth-order valence-electron chi connectivity index (χ4n) is 3.14. The highest BCUT2D eigenvalue weighted by Gasteiger charge is 2.22. The van der Waals surface area contributed by atoms with Crippen LogP contribution in [-0.2, 0) is 0 Å². The molecule has 0 saturated carbocycles. The van der Waals surface area contributed by atoms with Crippen molar-refractivity contribution >= 4 is 17.3 Å². The van der Waals surface area contributed by atoms with Crippen LogP contribution in [0.5, 0.6) is 0 Å². The molecule has 2 aromatic rings. The van der Waals surface area contributed by atoms with Gasteiger partial charge in [0.15, 0.2) is 0 Å². The molecule has 144 valence electrons. The largest absolute Gasteiger partial charge is 0.394 e. The van der Waals surface area contributed by atoms with Crippen molar-refractivity contribution in [1.29, 1.82) is 0 Å². The summed E-state index contributed by atoms with van der Waals surface area (Å²) in [6, 6.07) is 15.7. The molecule has 0 spiro atoms. The summed E-state index contributed by atoms with van der Waals surface area (Å²) in [5.41, 5.74) is 3.92. The number of aliphatic hydroxyl groups excluding tert-OH is 2. The van der Waals surface area contributed by atoms with Gasteiger partial charge in [0.1, 0.15) is 0 Å². The number of piperazine rings is 1.